The first-order valence-corrected chi connectivity index (χ1v) is 11.1. The molecular weight excluding hydrogens is 410 g/mol. The summed E-state index contributed by atoms with van der Waals surface area (Å²) in [6.07, 6.45) is -0.623. The average Bonchev–Trinajstić information content (AvgIpc) is 3.07. The Balaban J connectivity index is 1.74. The lowest BCUT2D eigenvalue weighted by Crippen LogP contribution is -2.47. The van der Waals surface area contributed by atoms with Crippen LogP contribution in [0.3, 0.4) is 0 Å². The minimum absolute atomic E-state index is 0.0428. The van der Waals surface area contributed by atoms with Gasteiger partial charge in [0.05, 0.1) is 17.3 Å². The van der Waals surface area contributed by atoms with Gasteiger partial charge in [-0.25, -0.2) is 13.5 Å². The highest BCUT2D eigenvalue weighted by molar-refractivity contribution is 7.91. The molecule has 1 unspecified atom stereocenters. The molecule has 2 aromatic rings. The molecule has 30 heavy (non-hydrogen) atoms. The molecule has 0 spiro atoms. The maximum absolute atomic E-state index is 12.9. The molecular formula is C21H25NO7S. The third kappa shape index (κ3) is 5.37. The average molecular weight is 435 g/mol. The fraction of sp³-hybridized carbons (Fsp3) is 0.381. The standard InChI is InChI=1S/C21H25NO7S/c1-15-4-6-16(7-5-15)28-17-8-10-18(11-9-17)30(25,26)13-19(22(24)14-23)20-12-27-21(2,3)29-20/h4-11,14,19-20,24H,12-13H2,1-3H3/t19?,20-/m1/s1. The Morgan fingerprint density at radius 1 is 1.17 bits per heavy atom. The Bertz CT molecular complexity index is 971. The predicted molar refractivity (Wildman–Crippen MR) is 108 cm³/mol. The minimum Gasteiger partial charge on any atom is -0.457 e. The van der Waals surface area contributed by atoms with Crippen molar-refractivity contribution in [1.82, 2.24) is 5.06 Å². The molecule has 0 bridgehead atoms. The van der Waals surface area contributed by atoms with Gasteiger partial charge in [0.15, 0.2) is 15.6 Å². The number of hydrogen-bond acceptors (Lipinski definition) is 7. The van der Waals surface area contributed by atoms with Crippen molar-refractivity contribution in [3.63, 3.8) is 0 Å². The van der Waals surface area contributed by atoms with E-state index in [1.165, 1.54) is 12.1 Å². The Labute approximate surface area is 175 Å². The van der Waals surface area contributed by atoms with Crippen LogP contribution in [-0.2, 0) is 24.1 Å². The minimum atomic E-state index is -3.84. The summed E-state index contributed by atoms with van der Waals surface area (Å²) in [5, 5.41) is 10.3. The van der Waals surface area contributed by atoms with E-state index in [-0.39, 0.29) is 17.9 Å². The monoisotopic (exact) mass is 435 g/mol. The summed E-state index contributed by atoms with van der Waals surface area (Å²) in [5.41, 5.74) is 1.10. The van der Waals surface area contributed by atoms with Gasteiger partial charge in [0.25, 0.3) is 0 Å². The lowest BCUT2D eigenvalue weighted by Gasteiger charge is -2.27. The lowest BCUT2D eigenvalue weighted by molar-refractivity contribution is -0.182. The SMILES string of the molecule is Cc1ccc(Oc2ccc(S(=O)(=O)CC([C@H]3COC(C)(C)O3)N(O)C=O)cc2)cc1. The largest absolute Gasteiger partial charge is 0.457 e. The maximum atomic E-state index is 12.9. The Hall–Kier alpha value is -2.46. The van der Waals surface area contributed by atoms with E-state index in [0.717, 1.165) is 5.56 Å². The summed E-state index contributed by atoms with van der Waals surface area (Å²) >= 11 is 0. The van der Waals surface area contributed by atoms with Gasteiger partial charge in [-0.2, -0.15) is 0 Å². The first-order valence-electron chi connectivity index (χ1n) is 9.41. The Kier molecular flexibility index (Phi) is 6.47. The third-order valence-electron chi connectivity index (χ3n) is 4.74. The summed E-state index contributed by atoms with van der Waals surface area (Å²) in [6.45, 7) is 5.38. The van der Waals surface area contributed by atoms with Crippen molar-refractivity contribution >= 4 is 16.2 Å². The molecule has 162 valence electrons. The number of sulfone groups is 1. The number of amides is 1. The molecule has 0 saturated carbocycles. The zero-order chi connectivity index (χ0) is 21.9. The fourth-order valence-corrected chi connectivity index (χ4v) is 4.68. The lowest BCUT2D eigenvalue weighted by atomic mass is 10.2. The molecule has 3 rings (SSSR count). The molecule has 1 aliphatic rings. The molecule has 0 aliphatic carbocycles. The van der Waals surface area contributed by atoms with Gasteiger partial charge in [-0.1, -0.05) is 17.7 Å². The van der Waals surface area contributed by atoms with E-state index in [1.807, 2.05) is 31.2 Å². The molecule has 1 saturated heterocycles. The van der Waals surface area contributed by atoms with Crippen LogP contribution in [-0.4, -0.2) is 55.4 Å². The van der Waals surface area contributed by atoms with Gasteiger partial charge in [-0.3, -0.25) is 10.0 Å². The van der Waals surface area contributed by atoms with Crippen LogP contribution in [0, 0.1) is 6.92 Å². The number of aryl methyl sites for hydroxylation is 1. The van der Waals surface area contributed by atoms with E-state index >= 15 is 0 Å². The van der Waals surface area contributed by atoms with Crippen LogP contribution in [0.25, 0.3) is 0 Å². The van der Waals surface area contributed by atoms with E-state index < -0.39 is 33.5 Å². The summed E-state index contributed by atoms with van der Waals surface area (Å²) in [4.78, 5) is 11.1. The third-order valence-corrected chi connectivity index (χ3v) is 6.51. The van der Waals surface area contributed by atoms with Gasteiger partial charge in [-0.15, -0.1) is 0 Å². The molecule has 0 aromatic heterocycles. The van der Waals surface area contributed by atoms with Crippen molar-refractivity contribution in [1.29, 1.82) is 0 Å². The van der Waals surface area contributed by atoms with Gasteiger partial charge in [0.2, 0.25) is 6.41 Å². The number of carbonyl (C=O) groups excluding carboxylic acids is 1. The summed E-state index contributed by atoms with van der Waals surface area (Å²) in [7, 11) is -3.84. The van der Waals surface area contributed by atoms with Crippen molar-refractivity contribution in [3.05, 3.63) is 54.1 Å². The molecule has 0 radical (unpaired) electrons. The van der Waals surface area contributed by atoms with Crippen molar-refractivity contribution in [2.45, 2.75) is 43.6 Å². The number of ether oxygens (including phenoxy) is 3. The van der Waals surface area contributed by atoms with Crippen LogP contribution in [0.1, 0.15) is 19.4 Å². The van der Waals surface area contributed by atoms with Gasteiger partial charge < -0.3 is 14.2 Å². The van der Waals surface area contributed by atoms with Gasteiger partial charge in [0.1, 0.15) is 23.6 Å². The molecule has 2 aromatic carbocycles. The van der Waals surface area contributed by atoms with E-state index in [2.05, 4.69) is 0 Å². The molecule has 9 heteroatoms. The highest BCUT2D eigenvalue weighted by Crippen LogP contribution is 2.28. The maximum Gasteiger partial charge on any atom is 0.233 e. The highest BCUT2D eigenvalue weighted by Gasteiger charge is 2.41. The van der Waals surface area contributed by atoms with Crippen molar-refractivity contribution in [3.8, 4) is 11.5 Å². The van der Waals surface area contributed by atoms with E-state index in [0.29, 0.717) is 16.6 Å². The molecule has 1 N–H and O–H groups in total. The van der Waals surface area contributed by atoms with Crippen LogP contribution in [0.15, 0.2) is 53.4 Å². The quantitative estimate of drug-likeness (QED) is 0.386. The highest BCUT2D eigenvalue weighted by atomic mass is 32.2. The van der Waals surface area contributed by atoms with Crippen LogP contribution in [0.4, 0.5) is 0 Å². The summed E-state index contributed by atoms with van der Waals surface area (Å²) in [6, 6.07) is 12.3. The second-order valence-corrected chi connectivity index (χ2v) is 9.62. The van der Waals surface area contributed by atoms with Gasteiger partial charge >= 0.3 is 0 Å². The zero-order valence-electron chi connectivity index (χ0n) is 17.0. The number of nitrogens with zero attached hydrogens (tertiary/aromatic N) is 1. The fourth-order valence-electron chi connectivity index (χ4n) is 3.12. The first kappa shape index (κ1) is 22.2. The van der Waals surface area contributed by atoms with Crippen LogP contribution in [0.2, 0.25) is 0 Å². The number of carbonyl (C=O) groups is 1. The Morgan fingerprint density at radius 2 is 1.73 bits per heavy atom. The molecule has 1 aliphatic heterocycles. The van der Waals surface area contributed by atoms with Crippen LogP contribution >= 0.6 is 0 Å². The Morgan fingerprint density at radius 3 is 2.23 bits per heavy atom. The van der Waals surface area contributed by atoms with Gasteiger partial charge in [0, 0.05) is 0 Å². The summed E-state index contributed by atoms with van der Waals surface area (Å²) in [5.74, 6) is -0.324. The van der Waals surface area contributed by atoms with Crippen molar-refractivity contribution in [2.75, 3.05) is 12.4 Å². The molecule has 8 nitrogen and oxygen atoms in total. The second-order valence-electron chi connectivity index (χ2n) is 7.59. The predicted octanol–water partition coefficient (Wildman–Crippen LogP) is 2.93. The normalized spacial score (nSPS) is 19.3. The van der Waals surface area contributed by atoms with Gasteiger partial charge in [-0.05, 0) is 57.2 Å². The molecule has 2 atom stereocenters. The number of hydroxylamine groups is 2. The van der Waals surface area contributed by atoms with Crippen LogP contribution < -0.4 is 4.74 Å². The topological polar surface area (TPSA) is 102 Å². The van der Waals surface area contributed by atoms with E-state index in [4.69, 9.17) is 14.2 Å². The molecule has 1 fully saturated rings. The number of hydrogen-bond donors (Lipinski definition) is 1. The van der Waals surface area contributed by atoms with Crippen molar-refractivity contribution in [2.24, 2.45) is 0 Å². The number of rotatable bonds is 8. The number of benzene rings is 2. The second kappa shape index (κ2) is 8.73. The first-order chi connectivity index (χ1) is 14.1. The van der Waals surface area contributed by atoms with Crippen molar-refractivity contribution < 1.29 is 32.6 Å². The van der Waals surface area contributed by atoms with Crippen LogP contribution in [0.5, 0.6) is 11.5 Å². The van der Waals surface area contributed by atoms with E-state index in [1.54, 1.807) is 26.0 Å². The smallest absolute Gasteiger partial charge is 0.233 e. The van der Waals surface area contributed by atoms with E-state index in [9.17, 15) is 18.4 Å². The molecule has 1 amide bonds. The zero-order valence-corrected chi connectivity index (χ0v) is 17.8. The summed E-state index contributed by atoms with van der Waals surface area (Å²) < 4.78 is 42.6. The molecule has 1 heterocycles.